The summed E-state index contributed by atoms with van der Waals surface area (Å²) in [5.74, 6) is -0.235. The predicted molar refractivity (Wildman–Crippen MR) is 67.1 cm³/mol. The molecule has 1 amide bonds. The summed E-state index contributed by atoms with van der Waals surface area (Å²) in [4.78, 5) is 15.8. The summed E-state index contributed by atoms with van der Waals surface area (Å²) >= 11 is 11.6. The van der Waals surface area contributed by atoms with Crippen LogP contribution in [0.1, 0.15) is 29.6 Å². The number of hydrogen-bond donors (Lipinski definition) is 1. The first kappa shape index (κ1) is 12.6. The van der Waals surface area contributed by atoms with Crippen LogP contribution in [0, 0.1) is 0 Å². The Hall–Kier alpha value is -0.840. The summed E-state index contributed by atoms with van der Waals surface area (Å²) in [6.45, 7) is 1.75. The maximum Gasteiger partial charge on any atom is 0.267 e. The van der Waals surface area contributed by atoms with Gasteiger partial charge >= 0.3 is 0 Å². The molecule has 0 radical (unpaired) electrons. The highest BCUT2D eigenvalue weighted by Crippen LogP contribution is 2.18. The van der Waals surface area contributed by atoms with Gasteiger partial charge in [-0.2, -0.15) is 0 Å². The Morgan fingerprint density at radius 3 is 2.71 bits per heavy atom. The Morgan fingerprint density at radius 2 is 2.00 bits per heavy atom. The minimum atomic E-state index is -0.235. The Bertz CT molecular complexity index is 419. The molecule has 6 heteroatoms. The highest BCUT2D eigenvalue weighted by Gasteiger charge is 2.16. The third kappa shape index (κ3) is 3.31. The van der Waals surface area contributed by atoms with E-state index >= 15 is 0 Å². The van der Waals surface area contributed by atoms with E-state index in [2.05, 4.69) is 10.4 Å². The van der Waals surface area contributed by atoms with Gasteiger partial charge in [0.05, 0.1) is 10.6 Å². The molecule has 1 saturated heterocycles. The molecule has 2 rings (SSSR count). The summed E-state index contributed by atoms with van der Waals surface area (Å²) in [6.07, 6.45) is 4.81. The molecule has 0 aromatic carbocycles. The molecule has 0 bridgehead atoms. The van der Waals surface area contributed by atoms with E-state index < -0.39 is 0 Å². The molecule has 0 saturated carbocycles. The highest BCUT2D eigenvalue weighted by molar-refractivity contribution is 6.35. The Balaban J connectivity index is 2.05. The van der Waals surface area contributed by atoms with Crippen LogP contribution in [0.25, 0.3) is 0 Å². The van der Waals surface area contributed by atoms with E-state index in [0.29, 0.717) is 10.6 Å². The van der Waals surface area contributed by atoms with Crippen molar-refractivity contribution in [3.05, 3.63) is 28.0 Å². The lowest BCUT2D eigenvalue weighted by Crippen LogP contribution is -2.45. The first-order valence-corrected chi connectivity index (χ1v) is 6.29. The van der Waals surface area contributed by atoms with Crippen molar-refractivity contribution in [3.8, 4) is 0 Å². The molecule has 0 atom stereocenters. The van der Waals surface area contributed by atoms with Gasteiger partial charge in [0.15, 0.2) is 0 Å². The average molecular weight is 274 g/mol. The Labute approximate surface area is 110 Å². The van der Waals surface area contributed by atoms with E-state index in [1.807, 2.05) is 5.01 Å². The normalized spacial score (nSPS) is 16.8. The summed E-state index contributed by atoms with van der Waals surface area (Å²) in [5.41, 5.74) is 3.19. The molecule has 0 unspecified atom stereocenters. The topological polar surface area (TPSA) is 45.2 Å². The molecule has 1 N–H and O–H groups in total. The van der Waals surface area contributed by atoms with Crippen LogP contribution in [0.3, 0.4) is 0 Å². The molecule has 1 aliphatic heterocycles. The maximum atomic E-state index is 12.0. The van der Waals surface area contributed by atoms with E-state index in [0.717, 1.165) is 25.9 Å². The number of pyridine rings is 1. The summed E-state index contributed by atoms with van der Waals surface area (Å²) < 4.78 is 0. The van der Waals surface area contributed by atoms with Crippen LogP contribution in [-0.2, 0) is 0 Å². The third-order valence-electron chi connectivity index (χ3n) is 2.68. The fraction of sp³-hybridized carbons (Fsp3) is 0.455. The first-order valence-electron chi connectivity index (χ1n) is 5.54. The van der Waals surface area contributed by atoms with Gasteiger partial charge in [0.2, 0.25) is 0 Å². The molecular formula is C11H13Cl2N3O. The van der Waals surface area contributed by atoms with Gasteiger partial charge in [-0.05, 0) is 18.9 Å². The van der Waals surface area contributed by atoms with Gasteiger partial charge in [-0.1, -0.05) is 29.6 Å². The molecule has 0 spiro atoms. The molecule has 0 aliphatic carbocycles. The highest BCUT2D eigenvalue weighted by atomic mass is 35.5. The predicted octanol–water partition coefficient (Wildman–Crippen LogP) is 2.52. The first-order chi connectivity index (χ1) is 8.16. The van der Waals surface area contributed by atoms with Crippen molar-refractivity contribution < 1.29 is 4.79 Å². The maximum absolute atomic E-state index is 12.0. The number of carbonyl (C=O) groups is 1. The smallest absolute Gasteiger partial charge is 0.267 e. The van der Waals surface area contributed by atoms with Crippen molar-refractivity contribution in [2.75, 3.05) is 13.1 Å². The zero-order chi connectivity index (χ0) is 12.3. The average Bonchev–Trinajstić information content (AvgIpc) is 2.33. The van der Waals surface area contributed by atoms with Crippen molar-refractivity contribution in [1.82, 2.24) is 15.4 Å². The second-order valence-corrected chi connectivity index (χ2v) is 4.77. The van der Waals surface area contributed by atoms with Crippen LogP contribution in [0.15, 0.2) is 12.3 Å². The number of halogens is 2. The van der Waals surface area contributed by atoms with Gasteiger partial charge in [0, 0.05) is 19.3 Å². The molecule has 4 nitrogen and oxygen atoms in total. The van der Waals surface area contributed by atoms with Gasteiger partial charge in [-0.3, -0.25) is 10.2 Å². The standard InChI is InChI=1S/C11H13Cl2N3O/c12-9-7-14-10(13)6-8(9)11(17)15-16-4-2-1-3-5-16/h6-7H,1-5H2,(H,15,17). The number of aromatic nitrogens is 1. The molecule has 2 heterocycles. The van der Waals surface area contributed by atoms with Crippen molar-refractivity contribution in [2.24, 2.45) is 0 Å². The van der Waals surface area contributed by atoms with Crippen LogP contribution in [-0.4, -0.2) is 29.0 Å². The molecule has 1 aliphatic rings. The van der Waals surface area contributed by atoms with Crippen molar-refractivity contribution in [1.29, 1.82) is 0 Å². The zero-order valence-corrected chi connectivity index (χ0v) is 10.8. The Kier molecular flexibility index (Phi) is 4.20. The lowest BCUT2D eigenvalue weighted by atomic mass is 10.2. The lowest BCUT2D eigenvalue weighted by Gasteiger charge is -2.26. The van der Waals surface area contributed by atoms with E-state index in [-0.39, 0.29) is 11.1 Å². The van der Waals surface area contributed by atoms with Crippen molar-refractivity contribution >= 4 is 29.1 Å². The molecule has 92 valence electrons. The number of amides is 1. The number of hydrazine groups is 1. The van der Waals surface area contributed by atoms with Crippen LogP contribution in [0.4, 0.5) is 0 Å². The molecule has 1 aromatic rings. The van der Waals surface area contributed by atoms with Gasteiger partial charge in [-0.25, -0.2) is 9.99 Å². The van der Waals surface area contributed by atoms with E-state index in [1.54, 1.807) is 0 Å². The summed E-state index contributed by atoms with van der Waals surface area (Å²) in [5, 5.41) is 2.48. The van der Waals surface area contributed by atoms with Crippen LogP contribution < -0.4 is 5.43 Å². The van der Waals surface area contributed by atoms with Crippen molar-refractivity contribution in [2.45, 2.75) is 19.3 Å². The number of nitrogens with one attached hydrogen (secondary N) is 1. The fourth-order valence-corrected chi connectivity index (χ4v) is 2.14. The summed E-state index contributed by atoms with van der Waals surface area (Å²) in [6, 6.07) is 1.48. The van der Waals surface area contributed by atoms with E-state index in [4.69, 9.17) is 23.2 Å². The minimum absolute atomic E-state index is 0.235. The molecule has 1 fully saturated rings. The number of hydrogen-bond acceptors (Lipinski definition) is 3. The SMILES string of the molecule is O=C(NN1CCCCC1)c1cc(Cl)ncc1Cl. The van der Waals surface area contributed by atoms with Gasteiger partial charge < -0.3 is 0 Å². The fourth-order valence-electron chi connectivity index (χ4n) is 1.80. The van der Waals surface area contributed by atoms with Gasteiger partial charge in [0.1, 0.15) is 5.15 Å². The summed E-state index contributed by atoms with van der Waals surface area (Å²) in [7, 11) is 0. The van der Waals surface area contributed by atoms with Gasteiger partial charge in [-0.15, -0.1) is 0 Å². The quantitative estimate of drug-likeness (QED) is 0.843. The largest absolute Gasteiger partial charge is 0.285 e. The van der Waals surface area contributed by atoms with Gasteiger partial charge in [0.25, 0.3) is 5.91 Å². The number of piperidine rings is 1. The second kappa shape index (κ2) is 5.67. The van der Waals surface area contributed by atoms with E-state index in [9.17, 15) is 4.79 Å². The molecule has 1 aromatic heterocycles. The lowest BCUT2D eigenvalue weighted by molar-refractivity contribution is 0.0750. The number of rotatable bonds is 2. The minimum Gasteiger partial charge on any atom is -0.285 e. The zero-order valence-electron chi connectivity index (χ0n) is 9.25. The molecule has 17 heavy (non-hydrogen) atoms. The third-order valence-corrected chi connectivity index (χ3v) is 3.19. The Morgan fingerprint density at radius 1 is 1.29 bits per heavy atom. The van der Waals surface area contributed by atoms with Crippen molar-refractivity contribution in [3.63, 3.8) is 0 Å². The number of nitrogens with zero attached hydrogens (tertiary/aromatic N) is 2. The van der Waals surface area contributed by atoms with Crippen LogP contribution >= 0.6 is 23.2 Å². The van der Waals surface area contributed by atoms with Crippen LogP contribution in [0.5, 0.6) is 0 Å². The number of carbonyl (C=O) groups excluding carboxylic acids is 1. The monoisotopic (exact) mass is 273 g/mol. The van der Waals surface area contributed by atoms with Crippen LogP contribution in [0.2, 0.25) is 10.2 Å². The second-order valence-electron chi connectivity index (χ2n) is 3.98. The van der Waals surface area contributed by atoms with E-state index in [1.165, 1.54) is 18.7 Å². The molecular weight excluding hydrogens is 261 g/mol.